The highest BCUT2D eigenvalue weighted by molar-refractivity contribution is 6.31. The molecule has 0 aliphatic heterocycles. The fourth-order valence-electron chi connectivity index (χ4n) is 1.87. The van der Waals surface area contributed by atoms with E-state index in [0.29, 0.717) is 10.7 Å². The maximum atomic E-state index is 12.4. The smallest absolute Gasteiger partial charge is 0.258 e. The van der Waals surface area contributed by atoms with E-state index in [9.17, 15) is 9.59 Å². The van der Waals surface area contributed by atoms with Crippen molar-refractivity contribution in [3.8, 4) is 5.69 Å². The molecule has 0 spiro atoms. The van der Waals surface area contributed by atoms with E-state index < -0.39 is 5.91 Å². The molecule has 0 aliphatic carbocycles. The maximum Gasteiger partial charge on any atom is 0.258 e. The number of rotatable bonds is 3. The van der Waals surface area contributed by atoms with Gasteiger partial charge in [-0.1, -0.05) is 11.6 Å². The molecule has 8 nitrogen and oxygen atoms in total. The van der Waals surface area contributed by atoms with Crippen LogP contribution in [0.25, 0.3) is 5.69 Å². The summed E-state index contributed by atoms with van der Waals surface area (Å²) < 4.78 is 1.33. The second-order valence-electron chi connectivity index (χ2n) is 4.29. The van der Waals surface area contributed by atoms with Crippen LogP contribution in [0.1, 0.15) is 10.4 Å². The Morgan fingerprint density at radius 1 is 1.32 bits per heavy atom. The molecule has 0 fully saturated rings. The van der Waals surface area contributed by atoms with Gasteiger partial charge < -0.3 is 10.3 Å². The molecule has 0 unspecified atom stereocenters. The van der Waals surface area contributed by atoms with Crippen molar-refractivity contribution in [2.24, 2.45) is 0 Å². The van der Waals surface area contributed by atoms with E-state index in [0.717, 1.165) is 0 Å². The summed E-state index contributed by atoms with van der Waals surface area (Å²) in [6.45, 7) is 0. The van der Waals surface area contributed by atoms with Gasteiger partial charge >= 0.3 is 0 Å². The van der Waals surface area contributed by atoms with Crippen LogP contribution in [-0.2, 0) is 0 Å². The predicted molar refractivity (Wildman–Crippen MR) is 79.2 cm³/mol. The third-order valence-electron chi connectivity index (χ3n) is 2.87. The largest absolute Gasteiger partial charge is 0.366 e. The highest BCUT2D eigenvalue weighted by atomic mass is 35.5. The molecular formula is C13H9ClN6O2. The summed E-state index contributed by atoms with van der Waals surface area (Å²) in [5.41, 5.74) is 0.510. The number of halogens is 1. The lowest BCUT2D eigenvalue weighted by molar-refractivity contribution is 0.102. The van der Waals surface area contributed by atoms with Gasteiger partial charge in [-0.3, -0.25) is 9.59 Å². The summed E-state index contributed by atoms with van der Waals surface area (Å²) in [5.74, 6) is -0.496. The summed E-state index contributed by atoms with van der Waals surface area (Å²) >= 11 is 5.95. The minimum absolute atomic E-state index is 0.134. The molecule has 9 heteroatoms. The molecule has 0 atom stereocenters. The Labute approximate surface area is 128 Å². The van der Waals surface area contributed by atoms with Crippen molar-refractivity contribution >= 4 is 23.2 Å². The number of carbonyl (C=O) groups excluding carboxylic acids is 1. The predicted octanol–water partition coefficient (Wildman–Crippen LogP) is 1.26. The number of hydrogen-bond acceptors (Lipinski definition) is 5. The number of anilines is 1. The summed E-state index contributed by atoms with van der Waals surface area (Å²) in [5, 5.41) is 13.7. The Bertz CT molecular complexity index is 874. The van der Waals surface area contributed by atoms with Crippen molar-refractivity contribution in [3.05, 3.63) is 63.8 Å². The number of amides is 1. The Kier molecular flexibility index (Phi) is 3.67. The van der Waals surface area contributed by atoms with E-state index in [1.54, 1.807) is 12.1 Å². The van der Waals surface area contributed by atoms with Gasteiger partial charge in [-0.2, -0.15) is 4.68 Å². The zero-order valence-electron chi connectivity index (χ0n) is 11.0. The molecule has 0 saturated carbocycles. The molecule has 22 heavy (non-hydrogen) atoms. The van der Waals surface area contributed by atoms with Crippen LogP contribution in [0, 0.1) is 0 Å². The summed E-state index contributed by atoms with van der Waals surface area (Å²) in [4.78, 5) is 26.8. The SMILES string of the molecule is O=C(Nc1c[nH]ccc1=O)c1cc(Cl)ccc1-n1cnnn1. The van der Waals surface area contributed by atoms with Gasteiger partial charge in [0.15, 0.2) is 0 Å². The quantitative estimate of drug-likeness (QED) is 0.756. The van der Waals surface area contributed by atoms with Crippen molar-refractivity contribution in [2.75, 3.05) is 5.32 Å². The first-order valence-corrected chi connectivity index (χ1v) is 6.54. The van der Waals surface area contributed by atoms with Gasteiger partial charge in [0.2, 0.25) is 5.43 Å². The highest BCUT2D eigenvalue weighted by Crippen LogP contribution is 2.19. The number of benzene rings is 1. The lowest BCUT2D eigenvalue weighted by Gasteiger charge is -2.09. The number of aromatic nitrogens is 5. The van der Waals surface area contributed by atoms with Gasteiger partial charge in [-0.05, 0) is 28.6 Å². The third-order valence-corrected chi connectivity index (χ3v) is 3.11. The first-order chi connectivity index (χ1) is 10.6. The Morgan fingerprint density at radius 2 is 2.18 bits per heavy atom. The number of carbonyl (C=O) groups is 1. The standard InChI is InChI=1S/C13H9ClN6O2/c14-8-1-2-11(20-7-16-18-19-20)9(5-8)13(22)17-10-6-15-4-3-12(10)21/h1-7H,(H,15,21)(H,17,22). The summed E-state index contributed by atoms with van der Waals surface area (Å²) in [7, 11) is 0. The zero-order chi connectivity index (χ0) is 15.5. The minimum atomic E-state index is -0.496. The van der Waals surface area contributed by atoms with Gasteiger partial charge in [0.25, 0.3) is 5.91 Å². The van der Waals surface area contributed by atoms with Crippen LogP contribution in [-0.4, -0.2) is 31.1 Å². The van der Waals surface area contributed by atoms with Gasteiger partial charge in [-0.15, -0.1) is 5.10 Å². The first kappa shape index (κ1) is 14.0. The van der Waals surface area contributed by atoms with Crippen LogP contribution < -0.4 is 10.7 Å². The van der Waals surface area contributed by atoms with E-state index in [1.807, 2.05) is 0 Å². The molecule has 3 aromatic rings. The second-order valence-corrected chi connectivity index (χ2v) is 4.73. The first-order valence-electron chi connectivity index (χ1n) is 6.16. The number of aromatic amines is 1. The van der Waals surface area contributed by atoms with Crippen LogP contribution in [0.15, 0.2) is 47.8 Å². The molecule has 1 amide bonds. The average molecular weight is 317 g/mol. The van der Waals surface area contributed by atoms with Crippen molar-refractivity contribution in [3.63, 3.8) is 0 Å². The van der Waals surface area contributed by atoms with Crippen molar-refractivity contribution in [1.29, 1.82) is 0 Å². The van der Waals surface area contributed by atoms with Gasteiger partial charge in [0, 0.05) is 23.5 Å². The maximum absolute atomic E-state index is 12.4. The zero-order valence-corrected chi connectivity index (χ0v) is 11.8. The molecular weight excluding hydrogens is 308 g/mol. The van der Waals surface area contributed by atoms with E-state index in [2.05, 4.69) is 25.8 Å². The van der Waals surface area contributed by atoms with Crippen LogP contribution in [0.5, 0.6) is 0 Å². The lowest BCUT2D eigenvalue weighted by Crippen LogP contribution is -2.19. The van der Waals surface area contributed by atoms with Crippen molar-refractivity contribution in [1.82, 2.24) is 25.2 Å². The fraction of sp³-hybridized carbons (Fsp3) is 0. The minimum Gasteiger partial charge on any atom is -0.366 e. The second kappa shape index (κ2) is 5.78. The topological polar surface area (TPSA) is 106 Å². The molecule has 2 N–H and O–H groups in total. The van der Waals surface area contributed by atoms with Gasteiger partial charge in [0.05, 0.1) is 11.3 Å². The van der Waals surface area contributed by atoms with Crippen LogP contribution >= 0.6 is 11.6 Å². The normalized spacial score (nSPS) is 10.4. The highest BCUT2D eigenvalue weighted by Gasteiger charge is 2.15. The molecule has 2 heterocycles. The number of nitrogens with one attached hydrogen (secondary N) is 2. The Morgan fingerprint density at radius 3 is 2.91 bits per heavy atom. The number of hydrogen-bond donors (Lipinski definition) is 2. The number of H-pyrrole nitrogens is 1. The molecule has 0 radical (unpaired) electrons. The van der Waals surface area contributed by atoms with E-state index in [4.69, 9.17) is 11.6 Å². The Balaban J connectivity index is 2.01. The lowest BCUT2D eigenvalue weighted by atomic mass is 10.1. The molecule has 0 bridgehead atoms. The van der Waals surface area contributed by atoms with Crippen molar-refractivity contribution in [2.45, 2.75) is 0 Å². The summed E-state index contributed by atoms with van der Waals surface area (Å²) in [6.07, 6.45) is 4.24. The molecule has 0 saturated heterocycles. The number of nitrogens with zero attached hydrogens (tertiary/aromatic N) is 4. The molecule has 0 aliphatic rings. The molecule has 110 valence electrons. The third kappa shape index (κ3) is 2.72. The Hall–Kier alpha value is -3.00. The van der Waals surface area contributed by atoms with Gasteiger partial charge in [-0.25, -0.2) is 0 Å². The molecule has 2 aromatic heterocycles. The van der Waals surface area contributed by atoms with E-state index in [1.165, 1.54) is 35.5 Å². The monoisotopic (exact) mass is 316 g/mol. The summed E-state index contributed by atoms with van der Waals surface area (Å²) in [6, 6.07) is 6.02. The molecule has 3 rings (SSSR count). The van der Waals surface area contributed by atoms with Gasteiger partial charge in [0.1, 0.15) is 12.0 Å². The fourth-order valence-corrected chi connectivity index (χ4v) is 2.04. The average Bonchev–Trinajstić information content (AvgIpc) is 3.03. The van der Waals surface area contributed by atoms with Crippen LogP contribution in [0.4, 0.5) is 5.69 Å². The number of pyridine rings is 1. The molecule has 1 aromatic carbocycles. The number of tetrazole rings is 1. The van der Waals surface area contributed by atoms with Crippen LogP contribution in [0.3, 0.4) is 0 Å². The van der Waals surface area contributed by atoms with Crippen molar-refractivity contribution < 1.29 is 4.79 Å². The van der Waals surface area contributed by atoms with E-state index in [-0.39, 0.29) is 16.7 Å². The van der Waals surface area contributed by atoms with E-state index >= 15 is 0 Å². The van der Waals surface area contributed by atoms with Crippen LogP contribution in [0.2, 0.25) is 5.02 Å².